The molecule has 4 heteroatoms. The van der Waals surface area contributed by atoms with Crippen LogP contribution in [-0.4, -0.2) is 36.5 Å². The van der Waals surface area contributed by atoms with E-state index in [1.807, 2.05) is 42.2 Å². The molecule has 0 saturated carbocycles. The van der Waals surface area contributed by atoms with Gasteiger partial charge in [0.15, 0.2) is 0 Å². The Hall–Kier alpha value is -1.84. The Bertz CT molecular complexity index is 486. The number of carbonyl (C=O) groups is 2. The fourth-order valence-electron chi connectivity index (χ4n) is 2.79. The number of benzene rings is 1. The first kappa shape index (κ1) is 15.5. The first-order valence-corrected chi connectivity index (χ1v) is 7.63. The van der Waals surface area contributed by atoms with Gasteiger partial charge in [-0.1, -0.05) is 30.3 Å². The standard InChI is InChI=1S/C17H23NO3/c1-3-21-17(20)15-10-7-11-18(12-15)16(19)13(2)14-8-5-4-6-9-14/h4-6,8-9,13,15H,3,7,10-12H2,1-2H3/t13-,15-/m1/s1. The second kappa shape index (κ2) is 7.25. The maximum absolute atomic E-state index is 12.6. The van der Waals surface area contributed by atoms with Crippen LogP contribution in [-0.2, 0) is 14.3 Å². The third kappa shape index (κ3) is 3.84. The molecular weight excluding hydrogens is 266 g/mol. The molecule has 1 amide bonds. The summed E-state index contributed by atoms with van der Waals surface area (Å²) in [6.45, 7) is 5.33. The summed E-state index contributed by atoms with van der Waals surface area (Å²) < 4.78 is 5.08. The average molecular weight is 289 g/mol. The van der Waals surface area contributed by atoms with Crippen LogP contribution in [0.4, 0.5) is 0 Å². The third-order valence-electron chi connectivity index (χ3n) is 4.02. The predicted molar refractivity (Wildman–Crippen MR) is 80.8 cm³/mol. The summed E-state index contributed by atoms with van der Waals surface area (Å²) in [5.74, 6) is -0.435. The second-order valence-corrected chi connectivity index (χ2v) is 5.51. The van der Waals surface area contributed by atoms with E-state index in [1.165, 1.54) is 0 Å². The van der Waals surface area contributed by atoms with E-state index in [4.69, 9.17) is 4.74 Å². The van der Waals surface area contributed by atoms with Crippen LogP contribution in [0.2, 0.25) is 0 Å². The first-order valence-electron chi connectivity index (χ1n) is 7.63. The van der Waals surface area contributed by atoms with Gasteiger partial charge in [0.1, 0.15) is 0 Å². The van der Waals surface area contributed by atoms with Crippen LogP contribution in [0, 0.1) is 5.92 Å². The Morgan fingerprint density at radius 1 is 1.33 bits per heavy atom. The minimum atomic E-state index is -0.178. The zero-order valence-corrected chi connectivity index (χ0v) is 12.7. The minimum Gasteiger partial charge on any atom is -0.466 e. The SMILES string of the molecule is CCOC(=O)[C@@H]1CCCN(C(=O)[C@H](C)c2ccccc2)C1. The number of nitrogens with zero attached hydrogens (tertiary/aromatic N) is 1. The molecule has 0 bridgehead atoms. The van der Waals surface area contributed by atoms with Crippen molar-refractivity contribution in [2.75, 3.05) is 19.7 Å². The lowest BCUT2D eigenvalue weighted by Gasteiger charge is -2.33. The van der Waals surface area contributed by atoms with Crippen molar-refractivity contribution in [3.63, 3.8) is 0 Å². The van der Waals surface area contributed by atoms with Gasteiger partial charge in [-0.2, -0.15) is 0 Å². The van der Waals surface area contributed by atoms with Crippen LogP contribution in [0.15, 0.2) is 30.3 Å². The van der Waals surface area contributed by atoms with Crippen LogP contribution >= 0.6 is 0 Å². The molecule has 1 heterocycles. The molecule has 1 aliphatic heterocycles. The van der Waals surface area contributed by atoms with Gasteiger partial charge < -0.3 is 9.64 Å². The number of hydrogen-bond donors (Lipinski definition) is 0. The zero-order chi connectivity index (χ0) is 15.2. The van der Waals surface area contributed by atoms with E-state index >= 15 is 0 Å². The lowest BCUT2D eigenvalue weighted by molar-refractivity contribution is -0.151. The summed E-state index contributed by atoms with van der Waals surface area (Å²) >= 11 is 0. The monoisotopic (exact) mass is 289 g/mol. The van der Waals surface area contributed by atoms with Crippen molar-refractivity contribution < 1.29 is 14.3 Å². The second-order valence-electron chi connectivity index (χ2n) is 5.51. The van der Waals surface area contributed by atoms with Crippen LogP contribution < -0.4 is 0 Å². The molecule has 2 atom stereocenters. The molecule has 0 aromatic heterocycles. The Morgan fingerprint density at radius 3 is 2.71 bits per heavy atom. The number of esters is 1. The normalized spacial score (nSPS) is 19.9. The highest BCUT2D eigenvalue weighted by atomic mass is 16.5. The van der Waals surface area contributed by atoms with Crippen LogP contribution in [0.5, 0.6) is 0 Å². The molecule has 1 aromatic rings. The molecule has 2 rings (SSSR count). The largest absolute Gasteiger partial charge is 0.466 e. The topological polar surface area (TPSA) is 46.6 Å². The number of amides is 1. The Labute approximate surface area is 126 Å². The molecule has 0 unspecified atom stereocenters. The number of hydrogen-bond acceptors (Lipinski definition) is 3. The van der Waals surface area contributed by atoms with Crippen LogP contribution in [0.1, 0.15) is 38.2 Å². The van der Waals surface area contributed by atoms with Gasteiger partial charge in [0.25, 0.3) is 0 Å². The molecule has 0 N–H and O–H groups in total. The smallest absolute Gasteiger partial charge is 0.310 e. The Kier molecular flexibility index (Phi) is 5.37. The van der Waals surface area contributed by atoms with E-state index in [2.05, 4.69) is 0 Å². The summed E-state index contributed by atoms with van der Waals surface area (Å²) in [4.78, 5) is 26.3. The third-order valence-corrected chi connectivity index (χ3v) is 4.02. The van der Waals surface area contributed by atoms with Gasteiger partial charge in [0.2, 0.25) is 5.91 Å². The lowest BCUT2D eigenvalue weighted by Crippen LogP contribution is -2.44. The van der Waals surface area contributed by atoms with Gasteiger partial charge in [-0.3, -0.25) is 9.59 Å². The highest BCUT2D eigenvalue weighted by Gasteiger charge is 2.31. The molecule has 4 nitrogen and oxygen atoms in total. The quantitative estimate of drug-likeness (QED) is 0.800. The van der Waals surface area contributed by atoms with E-state index in [9.17, 15) is 9.59 Å². The molecule has 1 saturated heterocycles. The molecule has 21 heavy (non-hydrogen) atoms. The molecule has 1 aromatic carbocycles. The highest BCUT2D eigenvalue weighted by Crippen LogP contribution is 2.23. The predicted octanol–water partition coefficient (Wildman–Crippen LogP) is 2.59. The van der Waals surface area contributed by atoms with Crippen molar-refractivity contribution >= 4 is 11.9 Å². The summed E-state index contributed by atoms with van der Waals surface area (Å²) in [7, 11) is 0. The summed E-state index contributed by atoms with van der Waals surface area (Å²) in [5.41, 5.74) is 1.01. The van der Waals surface area contributed by atoms with Crippen LogP contribution in [0.3, 0.4) is 0 Å². The zero-order valence-electron chi connectivity index (χ0n) is 12.7. The maximum atomic E-state index is 12.6. The van der Waals surface area contributed by atoms with Gasteiger partial charge in [0, 0.05) is 13.1 Å². The van der Waals surface area contributed by atoms with Gasteiger partial charge in [-0.05, 0) is 32.3 Å². The molecule has 0 spiro atoms. The van der Waals surface area contributed by atoms with E-state index in [0.717, 1.165) is 24.9 Å². The van der Waals surface area contributed by atoms with Crippen molar-refractivity contribution in [1.29, 1.82) is 0 Å². The van der Waals surface area contributed by atoms with Crippen molar-refractivity contribution in [2.45, 2.75) is 32.6 Å². The number of piperidine rings is 1. The molecule has 0 radical (unpaired) electrons. The summed E-state index contributed by atoms with van der Waals surface area (Å²) in [6.07, 6.45) is 1.67. The number of rotatable bonds is 4. The number of likely N-dealkylation sites (tertiary alicyclic amines) is 1. The van der Waals surface area contributed by atoms with Crippen LogP contribution in [0.25, 0.3) is 0 Å². The summed E-state index contributed by atoms with van der Waals surface area (Å²) in [6, 6.07) is 9.76. The molecule has 114 valence electrons. The Morgan fingerprint density at radius 2 is 2.05 bits per heavy atom. The van der Waals surface area contributed by atoms with E-state index in [1.54, 1.807) is 6.92 Å². The molecule has 1 aliphatic rings. The van der Waals surface area contributed by atoms with Gasteiger partial charge in [-0.15, -0.1) is 0 Å². The van der Waals surface area contributed by atoms with E-state index in [0.29, 0.717) is 13.2 Å². The van der Waals surface area contributed by atoms with Crippen molar-refractivity contribution in [1.82, 2.24) is 4.90 Å². The summed E-state index contributed by atoms with van der Waals surface area (Å²) in [5, 5.41) is 0. The van der Waals surface area contributed by atoms with Gasteiger partial charge >= 0.3 is 5.97 Å². The first-order chi connectivity index (χ1) is 10.1. The van der Waals surface area contributed by atoms with E-state index in [-0.39, 0.29) is 23.7 Å². The van der Waals surface area contributed by atoms with Gasteiger partial charge in [-0.25, -0.2) is 0 Å². The van der Waals surface area contributed by atoms with Crippen molar-refractivity contribution in [3.8, 4) is 0 Å². The number of ether oxygens (including phenoxy) is 1. The van der Waals surface area contributed by atoms with Gasteiger partial charge in [0.05, 0.1) is 18.4 Å². The highest BCUT2D eigenvalue weighted by molar-refractivity contribution is 5.84. The van der Waals surface area contributed by atoms with E-state index < -0.39 is 0 Å². The molecular formula is C17H23NO3. The van der Waals surface area contributed by atoms with Crippen molar-refractivity contribution in [3.05, 3.63) is 35.9 Å². The maximum Gasteiger partial charge on any atom is 0.310 e. The molecule has 1 fully saturated rings. The average Bonchev–Trinajstić information content (AvgIpc) is 2.54. The minimum absolute atomic E-state index is 0.0928. The Balaban J connectivity index is 2.00. The molecule has 0 aliphatic carbocycles. The van der Waals surface area contributed by atoms with Crippen molar-refractivity contribution in [2.24, 2.45) is 5.92 Å². The number of carbonyl (C=O) groups excluding carboxylic acids is 2. The fourth-order valence-corrected chi connectivity index (χ4v) is 2.79. The fraction of sp³-hybridized carbons (Fsp3) is 0.529. The lowest BCUT2D eigenvalue weighted by atomic mass is 9.94.